The van der Waals surface area contributed by atoms with Crippen LogP contribution in [0.25, 0.3) is 0 Å². The van der Waals surface area contributed by atoms with Crippen LogP contribution in [0.2, 0.25) is 0 Å². The van der Waals surface area contributed by atoms with Gasteiger partial charge in [-0.2, -0.15) is 0 Å². The minimum Gasteiger partial charge on any atom is -0.394 e. The lowest BCUT2D eigenvalue weighted by Gasteiger charge is -2.48. The molecule has 18 nitrogen and oxygen atoms in total. The molecule has 0 radical (unpaired) electrons. The molecule has 3 aliphatic heterocycles. The Morgan fingerprint density at radius 1 is 0.649 bits per heavy atom. The second-order valence-corrected chi connectivity index (χ2v) is 10.1. The summed E-state index contributed by atoms with van der Waals surface area (Å²) in [5.41, 5.74) is 0. The van der Waals surface area contributed by atoms with Gasteiger partial charge in [0.2, 0.25) is 0 Å². The Hall–Kier alpha value is -0.450. The second kappa shape index (κ2) is 12.4. The lowest BCUT2D eigenvalue weighted by atomic mass is 9.96. The van der Waals surface area contributed by atoms with Crippen LogP contribution in [0.1, 0.15) is 6.92 Å². The Balaban J connectivity index is 1.87. The molecule has 0 unspecified atom stereocenters. The van der Waals surface area contributed by atoms with Gasteiger partial charge in [-0.1, -0.05) is 0 Å². The summed E-state index contributed by atoms with van der Waals surface area (Å²) in [6.45, 7) is -0.418. The van der Waals surface area contributed by atoms with Gasteiger partial charge in [-0.15, -0.1) is 0 Å². The van der Waals surface area contributed by atoms with Crippen LogP contribution in [0.3, 0.4) is 0 Å². The van der Waals surface area contributed by atoms with Crippen molar-refractivity contribution in [3.8, 4) is 0 Å². The topological polar surface area (TPSA) is 295 Å². The van der Waals surface area contributed by atoms with Crippen molar-refractivity contribution in [1.82, 2.24) is 0 Å². The van der Waals surface area contributed by atoms with E-state index in [0.29, 0.717) is 0 Å². The molecule has 0 aromatic heterocycles. The van der Waals surface area contributed by atoms with Crippen molar-refractivity contribution in [2.75, 3.05) is 13.2 Å². The first-order valence-electron chi connectivity index (χ1n) is 11.2. The van der Waals surface area contributed by atoms with Crippen molar-refractivity contribution >= 4 is 7.82 Å². The van der Waals surface area contributed by atoms with E-state index in [4.69, 9.17) is 33.5 Å². The molecule has 0 amide bonds. The van der Waals surface area contributed by atoms with Gasteiger partial charge in [-0.05, 0) is 6.92 Å². The molecule has 3 saturated heterocycles. The molecule has 0 aromatic rings. The maximum Gasteiger partial charge on any atom is 0.470 e. The number of rotatable bonds is 8. The minimum absolute atomic E-state index is 0.853. The van der Waals surface area contributed by atoms with Gasteiger partial charge in [0.1, 0.15) is 67.1 Å². The number of ether oxygens (including phenoxy) is 5. The van der Waals surface area contributed by atoms with Gasteiger partial charge in [-0.25, -0.2) is 4.57 Å². The Bertz CT molecular complexity index is 784. The van der Waals surface area contributed by atoms with Gasteiger partial charge < -0.3 is 79.4 Å². The predicted octanol–water partition coefficient (Wildman–Crippen LogP) is -6.43. The zero-order valence-electron chi connectivity index (χ0n) is 19.3. The fraction of sp³-hybridized carbons (Fsp3) is 1.00. The molecule has 0 spiro atoms. The van der Waals surface area contributed by atoms with Gasteiger partial charge >= 0.3 is 7.82 Å². The van der Waals surface area contributed by atoms with E-state index in [2.05, 4.69) is 4.52 Å². The van der Waals surface area contributed by atoms with Crippen molar-refractivity contribution in [1.29, 1.82) is 0 Å². The summed E-state index contributed by atoms with van der Waals surface area (Å²) in [6, 6.07) is 0. The Labute approximate surface area is 209 Å². The lowest BCUT2D eigenvalue weighted by Crippen LogP contribution is -2.66. The maximum atomic E-state index is 11.3. The van der Waals surface area contributed by atoms with Crippen molar-refractivity contribution < 1.29 is 88.5 Å². The number of aliphatic hydroxyl groups is 9. The largest absolute Gasteiger partial charge is 0.470 e. The molecule has 0 aliphatic carbocycles. The van der Waals surface area contributed by atoms with Crippen molar-refractivity contribution in [3.05, 3.63) is 0 Å². The molecular formula is C18H33O18P. The molecule has 3 rings (SSSR count). The minimum atomic E-state index is -5.28. The van der Waals surface area contributed by atoms with Crippen LogP contribution >= 0.6 is 7.82 Å². The monoisotopic (exact) mass is 568 g/mol. The summed E-state index contributed by atoms with van der Waals surface area (Å²) < 4.78 is 42.6. The van der Waals surface area contributed by atoms with Crippen LogP contribution < -0.4 is 0 Å². The zero-order chi connectivity index (χ0) is 27.8. The third-order valence-electron chi connectivity index (χ3n) is 6.28. The third kappa shape index (κ3) is 6.83. The number of phosphoric ester groups is 1. The molecule has 37 heavy (non-hydrogen) atoms. The first kappa shape index (κ1) is 31.1. The number of hydrogen-bond acceptors (Lipinski definition) is 16. The first-order valence-corrected chi connectivity index (χ1v) is 12.7. The van der Waals surface area contributed by atoms with Crippen molar-refractivity contribution in [3.63, 3.8) is 0 Å². The summed E-state index contributed by atoms with van der Waals surface area (Å²) in [5.74, 6) is 0. The van der Waals surface area contributed by atoms with Crippen molar-refractivity contribution in [2.45, 2.75) is 99.0 Å². The van der Waals surface area contributed by atoms with E-state index in [0.717, 1.165) is 0 Å². The average Bonchev–Trinajstić information content (AvgIpc) is 2.83. The summed E-state index contributed by atoms with van der Waals surface area (Å²) in [5, 5.41) is 91.0. The van der Waals surface area contributed by atoms with Gasteiger partial charge in [-0.3, -0.25) is 4.52 Å². The molecule has 3 aliphatic rings. The van der Waals surface area contributed by atoms with Crippen LogP contribution in [0, 0.1) is 0 Å². The molecule has 3 fully saturated rings. The highest BCUT2D eigenvalue weighted by atomic mass is 31.2. The molecule has 0 saturated carbocycles. The van der Waals surface area contributed by atoms with Crippen LogP contribution in [0.4, 0.5) is 0 Å². The summed E-state index contributed by atoms with van der Waals surface area (Å²) in [4.78, 5) is 18.3. The third-order valence-corrected chi connectivity index (χ3v) is 6.80. The molecule has 218 valence electrons. The van der Waals surface area contributed by atoms with Crippen LogP contribution in [-0.4, -0.2) is 161 Å². The van der Waals surface area contributed by atoms with Gasteiger partial charge in [0.25, 0.3) is 0 Å². The quantitative estimate of drug-likeness (QED) is 0.121. The lowest BCUT2D eigenvalue weighted by molar-refractivity contribution is -0.381. The van der Waals surface area contributed by atoms with E-state index < -0.39 is 113 Å². The Kier molecular flexibility index (Phi) is 10.4. The normalized spacial score (nSPS) is 49.7. The van der Waals surface area contributed by atoms with Gasteiger partial charge in [0.15, 0.2) is 18.9 Å². The van der Waals surface area contributed by atoms with E-state index >= 15 is 0 Å². The van der Waals surface area contributed by atoms with Crippen LogP contribution in [-0.2, 0) is 32.8 Å². The van der Waals surface area contributed by atoms with Crippen molar-refractivity contribution in [2.24, 2.45) is 0 Å². The highest BCUT2D eigenvalue weighted by molar-refractivity contribution is 7.46. The van der Waals surface area contributed by atoms with E-state index in [-0.39, 0.29) is 0 Å². The fourth-order valence-electron chi connectivity index (χ4n) is 4.26. The second-order valence-electron chi connectivity index (χ2n) is 8.89. The van der Waals surface area contributed by atoms with E-state index in [1.165, 1.54) is 6.92 Å². The zero-order valence-corrected chi connectivity index (χ0v) is 20.2. The molecular weight excluding hydrogens is 535 g/mol. The SMILES string of the molecule is C[C@@H]1O[C@@H](O[C@H]2[C@H](O[C@@H]3O[C@H](CO)[C@H](O)[C@H](OP(=O)(O)O)[C@H]3O)[C@@H](O)[C@H](O)O[C@@H]2CO)[C@@H](O)[C@H](O)[C@@H]1O. The highest BCUT2D eigenvalue weighted by Gasteiger charge is 2.54. The Morgan fingerprint density at radius 2 is 1.22 bits per heavy atom. The maximum absolute atomic E-state index is 11.3. The molecule has 0 aromatic carbocycles. The number of aliphatic hydroxyl groups excluding tert-OH is 9. The fourth-order valence-corrected chi connectivity index (χ4v) is 4.83. The smallest absolute Gasteiger partial charge is 0.394 e. The van der Waals surface area contributed by atoms with Gasteiger partial charge in [0, 0.05) is 0 Å². The molecule has 15 atom stereocenters. The number of phosphoric acid groups is 1. The van der Waals surface area contributed by atoms with Gasteiger partial charge in [0.05, 0.1) is 19.3 Å². The predicted molar refractivity (Wildman–Crippen MR) is 111 cm³/mol. The molecule has 0 bridgehead atoms. The van der Waals surface area contributed by atoms with E-state index in [9.17, 15) is 50.5 Å². The first-order chi connectivity index (χ1) is 17.2. The standard InChI is InChI=1S/C18H33O18P/c1-4-7(21)9(23)10(24)17(31-4)34-13-6(3-20)32-16(27)11(25)15(13)35-18-12(26)14(36-37(28,29)30)8(22)5(2-19)33-18/h4-27H,2-3H2,1H3,(H2,28,29,30)/t4-,5+,6+,7+,8-,9+,10-,11+,12+,13+,14-,15+,16+,17-,18-/m0/s1. The molecule has 19 heteroatoms. The van der Waals surface area contributed by atoms with Crippen LogP contribution in [0.5, 0.6) is 0 Å². The summed E-state index contributed by atoms with van der Waals surface area (Å²) in [6.07, 6.45) is -26.3. The summed E-state index contributed by atoms with van der Waals surface area (Å²) >= 11 is 0. The average molecular weight is 568 g/mol. The Morgan fingerprint density at radius 3 is 1.78 bits per heavy atom. The highest BCUT2D eigenvalue weighted by Crippen LogP contribution is 2.42. The molecule has 11 N–H and O–H groups in total. The number of hydrogen-bond donors (Lipinski definition) is 11. The van der Waals surface area contributed by atoms with E-state index in [1.54, 1.807) is 0 Å². The summed E-state index contributed by atoms with van der Waals surface area (Å²) in [7, 11) is -5.28. The molecule has 3 heterocycles. The van der Waals surface area contributed by atoms with E-state index in [1.807, 2.05) is 0 Å². The van der Waals surface area contributed by atoms with Crippen LogP contribution in [0.15, 0.2) is 0 Å².